The van der Waals surface area contributed by atoms with Gasteiger partial charge in [0.15, 0.2) is 5.75 Å². The largest absolute Gasteiger partial charge is 0.433 e. The third kappa shape index (κ3) is 6.04. The monoisotopic (exact) mass is 408 g/mol. The molecule has 4 N–H and O–H groups in total. The minimum atomic E-state index is -3.16. The van der Waals surface area contributed by atoms with Crippen LogP contribution >= 0.6 is 0 Å². The number of carbonyl (C=O) groups excluding carboxylic acids is 2. The van der Waals surface area contributed by atoms with Crippen LogP contribution in [0, 0.1) is 0 Å². The van der Waals surface area contributed by atoms with Crippen molar-refractivity contribution in [3.8, 4) is 5.75 Å². The van der Waals surface area contributed by atoms with E-state index in [2.05, 4.69) is 15.4 Å². The molecule has 0 unspecified atom stereocenters. The number of rotatable bonds is 9. The van der Waals surface area contributed by atoms with Crippen LogP contribution in [0.5, 0.6) is 5.75 Å². The number of nitrogens with two attached hydrogens (primary N) is 1. The summed E-state index contributed by atoms with van der Waals surface area (Å²) in [5, 5.41) is 4.69. The molecule has 0 aromatic heterocycles. The van der Waals surface area contributed by atoms with Crippen molar-refractivity contribution in [2.24, 2.45) is 5.73 Å². The lowest BCUT2D eigenvalue weighted by atomic mass is 10.2. The highest BCUT2D eigenvalue weighted by Gasteiger charge is 2.25. The molecule has 1 fully saturated rings. The zero-order valence-electron chi connectivity index (χ0n) is 14.7. The predicted octanol–water partition coefficient (Wildman–Crippen LogP) is 0.772. The van der Waals surface area contributed by atoms with Crippen molar-refractivity contribution >= 4 is 23.2 Å². The number of halogens is 4. The van der Waals surface area contributed by atoms with Gasteiger partial charge in [-0.05, 0) is 12.1 Å². The fraction of sp³-hybridized carbons (Fsp3) is 0.500. The molecule has 1 aromatic rings. The maximum atomic E-state index is 12.8. The first-order valence-corrected chi connectivity index (χ1v) is 8.31. The third-order valence-corrected chi connectivity index (χ3v) is 3.79. The van der Waals surface area contributed by atoms with Crippen molar-refractivity contribution in [2.45, 2.75) is 19.1 Å². The van der Waals surface area contributed by atoms with Gasteiger partial charge in [-0.1, -0.05) is 0 Å². The molecule has 1 heterocycles. The van der Waals surface area contributed by atoms with Crippen LogP contribution < -0.4 is 26.0 Å². The van der Waals surface area contributed by atoms with Gasteiger partial charge in [0, 0.05) is 24.8 Å². The van der Waals surface area contributed by atoms with Gasteiger partial charge in [-0.3, -0.25) is 14.9 Å². The van der Waals surface area contributed by atoms with Gasteiger partial charge in [0.05, 0.1) is 24.9 Å². The minimum absolute atomic E-state index is 0.0717. The lowest BCUT2D eigenvalue weighted by Gasteiger charge is -2.28. The van der Waals surface area contributed by atoms with E-state index in [1.807, 2.05) is 0 Å². The van der Waals surface area contributed by atoms with E-state index in [1.54, 1.807) is 0 Å². The number of alkyl halides is 4. The van der Waals surface area contributed by atoms with E-state index in [4.69, 9.17) is 10.5 Å². The van der Waals surface area contributed by atoms with E-state index in [0.29, 0.717) is 0 Å². The summed E-state index contributed by atoms with van der Waals surface area (Å²) in [7, 11) is 0. The Balaban J connectivity index is 2.18. The van der Waals surface area contributed by atoms with E-state index >= 15 is 0 Å². The van der Waals surface area contributed by atoms with Crippen LogP contribution in [0.15, 0.2) is 18.2 Å². The number of nitrogens with zero attached hydrogens (tertiary/aromatic N) is 1. The molecule has 2 rings (SSSR count). The number of nitrogens with one attached hydrogen (secondary N) is 2. The van der Waals surface area contributed by atoms with E-state index < -0.39 is 37.4 Å². The van der Waals surface area contributed by atoms with Gasteiger partial charge in [-0.15, -0.1) is 0 Å². The van der Waals surface area contributed by atoms with Crippen LogP contribution in [-0.4, -0.2) is 63.7 Å². The Morgan fingerprint density at radius 2 is 2.07 bits per heavy atom. The second kappa shape index (κ2) is 10.2. The lowest BCUT2D eigenvalue weighted by Crippen LogP contribution is -2.47. The Bertz CT molecular complexity index is 693. The van der Waals surface area contributed by atoms with Crippen LogP contribution in [-0.2, 0) is 14.3 Å². The Morgan fingerprint density at radius 1 is 1.32 bits per heavy atom. The van der Waals surface area contributed by atoms with Crippen molar-refractivity contribution in [1.82, 2.24) is 5.32 Å². The molecule has 0 spiro atoms. The number of ether oxygens (including phenoxy) is 2. The maximum Gasteiger partial charge on any atom is 0.387 e. The summed E-state index contributed by atoms with van der Waals surface area (Å²) in [4.78, 5) is 25.4. The average molecular weight is 408 g/mol. The van der Waals surface area contributed by atoms with E-state index in [-0.39, 0.29) is 43.4 Å². The predicted molar refractivity (Wildman–Crippen MR) is 91.7 cm³/mol. The van der Waals surface area contributed by atoms with Crippen LogP contribution in [0.25, 0.3) is 0 Å². The van der Waals surface area contributed by atoms with Gasteiger partial charge in [-0.2, -0.15) is 8.78 Å². The molecule has 0 radical (unpaired) electrons. The van der Waals surface area contributed by atoms with Gasteiger partial charge in [0.2, 0.25) is 5.91 Å². The quantitative estimate of drug-likeness (QED) is 0.522. The maximum absolute atomic E-state index is 12.8. The lowest BCUT2D eigenvalue weighted by molar-refractivity contribution is -0.125. The molecule has 1 atom stereocenters. The van der Waals surface area contributed by atoms with Gasteiger partial charge >= 0.3 is 6.61 Å². The van der Waals surface area contributed by atoms with Crippen LogP contribution in [0.2, 0.25) is 0 Å². The summed E-state index contributed by atoms with van der Waals surface area (Å²) in [6, 6.07) is 2.72. The van der Waals surface area contributed by atoms with E-state index in [0.717, 1.165) is 6.07 Å². The van der Waals surface area contributed by atoms with Crippen molar-refractivity contribution in [2.75, 3.05) is 43.1 Å². The molecule has 0 bridgehead atoms. The zero-order valence-corrected chi connectivity index (χ0v) is 14.7. The van der Waals surface area contributed by atoms with Crippen molar-refractivity contribution in [3.05, 3.63) is 18.2 Å². The molecule has 28 heavy (non-hydrogen) atoms. The summed E-state index contributed by atoms with van der Waals surface area (Å²) in [6.45, 7) is -3.96. The number of carbonyl (C=O) groups is 2. The molecule has 2 amide bonds. The second-order valence-electron chi connectivity index (χ2n) is 5.74. The number of morpholine rings is 1. The highest BCUT2D eigenvalue weighted by atomic mass is 19.3. The number of hydrogen-bond acceptors (Lipinski definition) is 6. The number of benzene rings is 1. The number of anilines is 2. The fourth-order valence-electron chi connectivity index (χ4n) is 2.52. The SMILES string of the molecule is NC[C@@H](NCC(F)F)C(=O)Nc1ccc(N2CCOCC2=O)c(OC(F)F)c1. The first-order valence-electron chi connectivity index (χ1n) is 8.31. The average Bonchev–Trinajstić information content (AvgIpc) is 2.62. The van der Waals surface area contributed by atoms with E-state index in [9.17, 15) is 27.2 Å². The van der Waals surface area contributed by atoms with Gasteiger partial charge in [0.25, 0.3) is 12.3 Å². The fourth-order valence-corrected chi connectivity index (χ4v) is 2.52. The topological polar surface area (TPSA) is 106 Å². The van der Waals surface area contributed by atoms with Crippen LogP contribution in [0.1, 0.15) is 0 Å². The standard InChI is InChI=1S/C16H20F4N4O4/c17-13(18)7-22-10(6-21)15(26)23-9-1-2-11(12(5-9)28-16(19)20)24-3-4-27-8-14(24)25/h1-2,5,10,13,16,22H,3-4,6-8,21H2,(H,23,26)/t10-/m1/s1. The molecular formula is C16H20F4N4O4. The third-order valence-electron chi connectivity index (χ3n) is 3.79. The Kier molecular flexibility index (Phi) is 7.96. The Morgan fingerprint density at radius 3 is 2.68 bits per heavy atom. The molecule has 1 saturated heterocycles. The van der Waals surface area contributed by atoms with E-state index in [1.165, 1.54) is 17.0 Å². The van der Waals surface area contributed by atoms with Gasteiger partial charge in [-0.25, -0.2) is 8.78 Å². The summed E-state index contributed by atoms with van der Waals surface area (Å²) in [5.41, 5.74) is 5.57. The summed E-state index contributed by atoms with van der Waals surface area (Å²) in [5.74, 6) is -1.48. The molecular weight excluding hydrogens is 388 g/mol. The molecule has 156 valence electrons. The molecule has 12 heteroatoms. The zero-order chi connectivity index (χ0) is 20.7. The molecule has 0 aliphatic carbocycles. The van der Waals surface area contributed by atoms with Crippen molar-refractivity contribution in [3.63, 3.8) is 0 Å². The van der Waals surface area contributed by atoms with Gasteiger partial charge in [0.1, 0.15) is 6.61 Å². The molecule has 1 aliphatic rings. The first kappa shape index (κ1) is 21.9. The normalized spacial score (nSPS) is 15.8. The molecule has 1 aliphatic heterocycles. The second-order valence-corrected chi connectivity index (χ2v) is 5.74. The van der Waals surface area contributed by atoms with Crippen LogP contribution in [0.4, 0.5) is 28.9 Å². The van der Waals surface area contributed by atoms with Crippen LogP contribution in [0.3, 0.4) is 0 Å². The van der Waals surface area contributed by atoms with Crippen molar-refractivity contribution < 1.29 is 36.6 Å². The number of hydrogen-bond donors (Lipinski definition) is 3. The minimum Gasteiger partial charge on any atom is -0.433 e. The van der Waals surface area contributed by atoms with Gasteiger partial charge < -0.3 is 25.4 Å². The Labute approximate surface area is 157 Å². The van der Waals surface area contributed by atoms with Crippen molar-refractivity contribution in [1.29, 1.82) is 0 Å². The highest BCUT2D eigenvalue weighted by molar-refractivity contribution is 5.98. The molecule has 8 nitrogen and oxygen atoms in total. The summed E-state index contributed by atoms with van der Waals surface area (Å²) < 4.78 is 59.6. The smallest absolute Gasteiger partial charge is 0.387 e. The number of amides is 2. The molecule has 1 aromatic carbocycles. The summed E-state index contributed by atoms with van der Waals surface area (Å²) >= 11 is 0. The summed E-state index contributed by atoms with van der Waals surface area (Å²) in [6.07, 6.45) is -2.67. The molecule has 0 saturated carbocycles. The Hall–Kier alpha value is -2.44. The first-order chi connectivity index (χ1) is 13.3. The highest BCUT2D eigenvalue weighted by Crippen LogP contribution is 2.33.